The average Bonchev–Trinajstić information content (AvgIpc) is 2.97. The molecule has 6 heteroatoms. The van der Waals surface area contributed by atoms with Gasteiger partial charge < -0.3 is 4.90 Å². The van der Waals surface area contributed by atoms with E-state index >= 15 is 0 Å². The highest BCUT2D eigenvalue weighted by Crippen LogP contribution is 2.44. The molecule has 23 heavy (non-hydrogen) atoms. The van der Waals surface area contributed by atoms with Crippen LogP contribution in [0.2, 0.25) is 0 Å². The Morgan fingerprint density at radius 1 is 1.22 bits per heavy atom. The Morgan fingerprint density at radius 3 is 2.65 bits per heavy atom. The minimum atomic E-state index is -0.166. The molecule has 0 atom stereocenters. The summed E-state index contributed by atoms with van der Waals surface area (Å²) in [6.45, 7) is 6.69. The number of amides is 2. The molecule has 1 fully saturated rings. The molecule has 0 spiro atoms. The van der Waals surface area contributed by atoms with Gasteiger partial charge in [0.2, 0.25) is 0 Å². The van der Waals surface area contributed by atoms with Crippen molar-refractivity contribution in [1.29, 1.82) is 0 Å². The van der Waals surface area contributed by atoms with E-state index in [4.69, 9.17) is 12.2 Å². The van der Waals surface area contributed by atoms with Crippen LogP contribution in [0.1, 0.15) is 18.9 Å². The first-order chi connectivity index (χ1) is 11.1. The van der Waals surface area contributed by atoms with Crippen molar-refractivity contribution in [2.75, 3.05) is 18.0 Å². The van der Waals surface area contributed by atoms with E-state index in [9.17, 15) is 9.59 Å². The molecular weight excluding hydrogens is 328 g/mol. The minimum Gasteiger partial charge on any atom is -0.304 e. The summed E-state index contributed by atoms with van der Waals surface area (Å²) in [6, 6.07) is 7.51. The lowest BCUT2D eigenvalue weighted by Crippen LogP contribution is -2.30. The van der Waals surface area contributed by atoms with Crippen LogP contribution in [0, 0.1) is 0 Å². The van der Waals surface area contributed by atoms with Crippen LogP contribution in [0.15, 0.2) is 41.8 Å². The lowest BCUT2D eigenvalue weighted by atomic mass is 10.1. The summed E-state index contributed by atoms with van der Waals surface area (Å²) in [5.41, 5.74) is 2.06. The third-order valence-corrected chi connectivity index (χ3v) is 5.21. The van der Waals surface area contributed by atoms with Gasteiger partial charge in [-0.1, -0.05) is 55.2 Å². The molecule has 118 valence electrons. The summed E-state index contributed by atoms with van der Waals surface area (Å²) in [7, 11) is 0. The van der Waals surface area contributed by atoms with Crippen molar-refractivity contribution in [2.24, 2.45) is 0 Å². The van der Waals surface area contributed by atoms with Crippen LogP contribution in [0.5, 0.6) is 0 Å². The van der Waals surface area contributed by atoms with E-state index < -0.39 is 0 Å². The fraction of sp³-hybridized carbons (Fsp3) is 0.235. The van der Waals surface area contributed by atoms with E-state index in [1.165, 1.54) is 11.8 Å². The Morgan fingerprint density at radius 2 is 1.96 bits per heavy atom. The Bertz CT molecular complexity index is 755. The number of thioether (sulfide) groups is 1. The monoisotopic (exact) mass is 344 g/mol. The SMILES string of the molecule is C=CCN1C(=O)/C(=C2\SC(=S)N(CCC)C2=O)c2ccccc21. The van der Waals surface area contributed by atoms with Crippen LogP contribution in [0.3, 0.4) is 0 Å². The molecule has 2 amide bonds. The van der Waals surface area contributed by atoms with Crippen LogP contribution in [0.4, 0.5) is 5.69 Å². The Hall–Kier alpha value is -1.92. The van der Waals surface area contributed by atoms with E-state index in [0.29, 0.717) is 27.9 Å². The van der Waals surface area contributed by atoms with Gasteiger partial charge in [-0.2, -0.15) is 0 Å². The molecule has 1 saturated heterocycles. The molecule has 2 heterocycles. The number of carbonyl (C=O) groups excluding carboxylic acids is 2. The Kier molecular flexibility index (Phi) is 4.37. The second-order valence-electron chi connectivity index (χ2n) is 5.25. The standard InChI is InChI=1S/C17H16N2O2S2/c1-3-9-18-12-8-6-5-7-11(12)13(15(18)20)14-16(21)19(10-4-2)17(22)23-14/h3,5-8H,1,4,9-10H2,2H3/b14-13-. The summed E-state index contributed by atoms with van der Waals surface area (Å²) in [5.74, 6) is -0.330. The maximum atomic E-state index is 12.8. The largest absolute Gasteiger partial charge is 0.304 e. The van der Waals surface area contributed by atoms with E-state index in [0.717, 1.165) is 17.7 Å². The molecule has 0 aliphatic carbocycles. The average molecular weight is 344 g/mol. The fourth-order valence-corrected chi connectivity index (χ4v) is 4.16. The van der Waals surface area contributed by atoms with Crippen molar-refractivity contribution in [3.8, 4) is 0 Å². The smallest absolute Gasteiger partial charge is 0.267 e. The van der Waals surface area contributed by atoms with Crippen LogP contribution in [-0.2, 0) is 9.59 Å². The molecule has 1 aromatic rings. The highest BCUT2D eigenvalue weighted by molar-refractivity contribution is 8.26. The van der Waals surface area contributed by atoms with Gasteiger partial charge in [-0.15, -0.1) is 6.58 Å². The summed E-state index contributed by atoms with van der Waals surface area (Å²) in [4.78, 5) is 29.2. The van der Waals surface area contributed by atoms with Crippen LogP contribution in [0.25, 0.3) is 5.57 Å². The number of hydrogen-bond acceptors (Lipinski definition) is 4. The van der Waals surface area contributed by atoms with Crippen molar-refractivity contribution < 1.29 is 9.59 Å². The van der Waals surface area contributed by atoms with E-state index in [2.05, 4.69) is 6.58 Å². The molecule has 0 aromatic heterocycles. The molecule has 0 N–H and O–H groups in total. The predicted octanol–water partition coefficient (Wildman–Crippen LogP) is 3.20. The topological polar surface area (TPSA) is 40.6 Å². The van der Waals surface area contributed by atoms with Crippen LogP contribution in [-0.4, -0.2) is 34.1 Å². The lowest BCUT2D eigenvalue weighted by Gasteiger charge is -2.14. The van der Waals surface area contributed by atoms with Crippen LogP contribution >= 0.6 is 24.0 Å². The van der Waals surface area contributed by atoms with Gasteiger partial charge in [-0.3, -0.25) is 14.5 Å². The highest BCUT2D eigenvalue weighted by Gasteiger charge is 2.41. The van der Waals surface area contributed by atoms with E-state index in [1.54, 1.807) is 15.9 Å². The van der Waals surface area contributed by atoms with Gasteiger partial charge >= 0.3 is 0 Å². The van der Waals surface area contributed by atoms with E-state index in [1.807, 2.05) is 31.2 Å². The molecular formula is C17H16N2O2S2. The third-order valence-electron chi connectivity index (χ3n) is 3.76. The summed E-state index contributed by atoms with van der Waals surface area (Å²) in [5, 5.41) is 0. The second-order valence-corrected chi connectivity index (χ2v) is 6.89. The van der Waals surface area contributed by atoms with Crippen molar-refractivity contribution >= 4 is 51.4 Å². The van der Waals surface area contributed by atoms with Crippen molar-refractivity contribution in [1.82, 2.24) is 4.90 Å². The predicted molar refractivity (Wildman–Crippen MR) is 98.1 cm³/mol. The molecule has 0 radical (unpaired) electrons. The molecule has 4 nitrogen and oxygen atoms in total. The fourth-order valence-electron chi connectivity index (χ4n) is 2.78. The van der Waals surface area contributed by atoms with Gasteiger partial charge in [0.1, 0.15) is 4.32 Å². The maximum Gasteiger partial charge on any atom is 0.267 e. The van der Waals surface area contributed by atoms with Gasteiger partial charge in [0, 0.05) is 18.7 Å². The van der Waals surface area contributed by atoms with Crippen molar-refractivity contribution in [3.63, 3.8) is 0 Å². The third kappa shape index (κ3) is 2.52. The number of fused-ring (bicyclic) bond motifs is 1. The maximum absolute atomic E-state index is 12.8. The quantitative estimate of drug-likeness (QED) is 0.478. The molecule has 2 aliphatic rings. The summed E-state index contributed by atoms with van der Waals surface area (Å²) >= 11 is 6.53. The number of thiocarbonyl (C=S) groups is 1. The lowest BCUT2D eigenvalue weighted by molar-refractivity contribution is -0.122. The van der Waals surface area contributed by atoms with Crippen molar-refractivity contribution in [3.05, 3.63) is 47.4 Å². The van der Waals surface area contributed by atoms with Gasteiger partial charge in [0.15, 0.2) is 0 Å². The Balaban J connectivity index is 2.13. The molecule has 2 aliphatic heterocycles. The molecule has 1 aromatic carbocycles. The summed E-state index contributed by atoms with van der Waals surface area (Å²) < 4.78 is 0.520. The number of rotatable bonds is 4. The van der Waals surface area contributed by atoms with E-state index in [-0.39, 0.29) is 11.8 Å². The summed E-state index contributed by atoms with van der Waals surface area (Å²) in [6.07, 6.45) is 2.50. The number of para-hydroxylation sites is 1. The van der Waals surface area contributed by atoms with Crippen LogP contribution < -0.4 is 4.90 Å². The molecule has 3 rings (SSSR count). The minimum absolute atomic E-state index is 0.164. The first-order valence-electron chi connectivity index (χ1n) is 7.40. The number of carbonyl (C=O) groups is 2. The number of anilines is 1. The molecule has 0 saturated carbocycles. The second kappa shape index (κ2) is 6.29. The number of benzene rings is 1. The zero-order valence-corrected chi connectivity index (χ0v) is 14.4. The number of nitrogens with zero attached hydrogens (tertiary/aromatic N) is 2. The van der Waals surface area contributed by atoms with Gasteiger partial charge in [-0.25, -0.2) is 0 Å². The first kappa shape index (κ1) is 16.0. The molecule has 0 unspecified atom stereocenters. The highest BCUT2D eigenvalue weighted by atomic mass is 32.2. The van der Waals surface area contributed by atoms with Gasteiger partial charge in [0.25, 0.3) is 11.8 Å². The zero-order valence-electron chi connectivity index (χ0n) is 12.7. The molecule has 0 bridgehead atoms. The number of hydrogen-bond donors (Lipinski definition) is 0. The van der Waals surface area contributed by atoms with Gasteiger partial charge in [-0.05, 0) is 12.5 Å². The normalized spacial score (nSPS) is 20.5. The Labute approximate surface area is 144 Å². The van der Waals surface area contributed by atoms with Gasteiger partial charge in [0.05, 0.1) is 16.2 Å². The zero-order chi connectivity index (χ0) is 16.6. The first-order valence-corrected chi connectivity index (χ1v) is 8.62. The van der Waals surface area contributed by atoms with Crippen molar-refractivity contribution in [2.45, 2.75) is 13.3 Å².